The number of aromatic nitrogens is 1. The van der Waals surface area contributed by atoms with Gasteiger partial charge >= 0.3 is 0 Å². The van der Waals surface area contributed by atoms with Crippen LogP contribution in [-0.4, -0.2) is 4.57 Å². The molecule has 2 nitrogen and oxygen atoms in total. The monoisotopic (exact) mass is 1050 g/mol. The minimum atomic E-state index is 0.0360. The van der Waals surface area contributed by atoms with Crippen molar-refractivity contribution in [3.8, 4) is 67.4 Å². The van der Waals surface area contributed by atoms with Gasteiger partial charge in [0.15, 0.2) is 0 Å². The van der Waals surface area contributed by atoms with E-state index >= 15 is 0 Å². The molecule has 0 fully saturated rings. The maximum absolute atomic E-state index is 12.4. The summed E-state index contributed by atoms with van der Waals surface area (Å²) in [5.74, 6) is 0.323. The van der Waals surface area contributed by atoms with Crippen molar-refractivity contribution in [2.45, 2.75) is 23.7 Å². The lowest BCUT2D eigenvalue weighted by Gasteiger charge is -2.23. The molecule has 0 aliphatic heterocycles. The molecule has 0 saturated heterocycles. The lowest BCUT2D eigenvalue weighted by atomic mass is 9.82. The lowest BCUT2D eigenvalue weighted by molar-refractivity contribution is 0.940. The summed E-state index contributed by atoms with van der Waals surface area (Å²) in [6, 6.07) is 106. The van der Waals surface area contributed by atoms with Crippen LogP contribution in [0.25, 0.3) is 95.3 Å². The van der Waals surface area contributed by atoms with Gasteiger partial charge in [0.25, 0.3) is 0 Å². The second kappa shape index (κ2) is 18.7. The first-order chi connectivity index (χ1) is 41.1. The number of nitrogens with zero attached hydrogens (tertiary/aromatic N) is 2. The van der Waals surface area contributed by atoms with Crippen LogP contribution in [0.1, 0.15) is 84.9 Å². The van der Waals surface area contributed by atoms with Gasteiger partial charge in [0.1, 0.15) is 6.07 Å². The zero-order chi connectivity index (χ0) is 54.7. The average Bonchev–Trinajstić information content (AvgIpc) is 2.11. The summed E-state index contributed by atoms with van der Waals surface area (Å²) in [7, 11) is 0. The topological polar surface area (TPSA) is 28.7 Å². The fourth-order valence-corrected chi connectivity index (χ4v) is 15.1. The summed E-state index contributed by atoms with van der Waals surface area (Å²) >= 11 is 0. The van der Waals surface area contributed by atoms with Crippen LogP contribution in [0.4, 0.5) is 0 Å². The first-order valence-corrected chi connectivity index (χ1v) is 29.0. The van der Waals surface area contributed by atoms with E-state index in [4.69, 9.17) is 0 Å². The van der Waals surface area contributed by atoms with E-state index in [9.17, 15) is 5.26 Å². The first kappa shape index (κ1) is 47.2. The Bertz CT molecular complexity index is 4850. The van der Waals surface area contributed by atoms with Crippen LogP contribution in [0.5, 0.6) is 0 Å². The van der Waals surface area contributed by atoms with Gasteiger partial charge in [-0.1, -0.05) is 249 Å². The van der Waals surface area contributed by atoms with Crippen molar-refractivity contribution < 1.29 is 0 Å². The van der Waals surface area contributed by atoms with E-state index in [2.05, 4.69) is 302 Å². The summed E-state index contributed by atoms with van der Waals surface area (Å²) in [4.78, 5) is 0. The van der Waals surface area contributed by atoms with Gasteiger partial charge in [-0.25, -0.2) is 0 Å². The Morgan fingerprint density at radius 3 is 1.17 bits per heavy atom. The van der Waals surface area contributed by atoms with Crippen LogP contribution in [0.3, 0.4) is 0 Å². The largest absolute Gasteiger partial charge is 0.309 e. The number of nitriles is 1. The fraction of sp³-hybridized carbons (Fsp3) is 0.0494. The molecule has 4 atom stereocenters. The molecule has 0 bridgehead atoms. The Balaban J connectivity index is 0.912. The van der Waals surface area contributed by atoms with Gasteiger partial charge in [-0.05, 0) is 154 Å². The highest BCUT2D eigenvalue weighted by Crippen LogP contribution is 2.60. The predicted molar refractivity (Wildman–Crippen MR) is 342 cm³/mol. The van der Waals surface area contributed by atoms with E-state index < -0.39 is 0 Å². The summed E-state index contributed by atoms with van der Waals surface area (Å²) < 4.78 is 2.43. The van der Waals surface area contributed by atoms with Crippen molar-refractivity contribution in [3.05, 3.63) is 351 Å². The van der Waals surface area contributed by atoms with Crippen molar-refractivity contribution in [2.75, 3.05) is 0 Å². The zero-order valence-corrected chi connectivity index (χ0v) is 45.4. The number of rotatable bonds is 8. The molecule has 4 aliphatic carbocycles. The van der Waals surface area contributed by atoms with E-state index in [1.165, 1.54) is 99.8 Å². The van der Waals surface area contributed by atoms with E-state index in [-0.39, 0.29) is 23.7 Å². The molecule has 386 valence electrons. The van der Waals surface area contributed by atoms with E-state index in [0.717, 1.165) is 50.1 Å². The summed E-state index contributed by atoms with van der Waals surface area (Å²) in [5, 5.41) is 14.8. The van der Waals surface area contributed by atoms with E-state index in [1.807, 2.05) is 0 Å². The Morgan fingerprint density at radius 2 is 0.699 bits per heavy atom. The second-order valence-electron chi connectivity index (χ2n) is 22.9. The third-order valence-corrected chi connectivity index (χ3v) is 18.6. The van der Waals surface area contributed by atoms with Gasteiger partial charge in [0.05, 0.1) is 22.3 Å². The zero-order valence-electron chi connectivity index (χ0n) is 45.4. The van der Waals surface area contributed by atoms with Gasteiger partial charge in [0, 0.05) is 45.6 Å². The maximum atomic E-state index is 12.4. The number of hydrogen-bond acceptors (Lipinski definition) is 1. The maximum Gasteiger partial charge on any atom is 0.101 e. The van der Waals surface area contributed by atoms with Gasteiger partial charge in [-0.2, -0.15) is 5.26 Å². The molecule has 0 spiro atoms. The van der Waals surface area contributed by atoms with Crippen LogP contribution < -0.4 is 0 Å². The quantitative estimate of drug-likeness (QED) is 0.149. The summed E-state index contributed by atoms with van der Waals surface area (Å²) in [5.41, 5.74) is 30.5. The highest BCUT2D eigenvalue weighted by molar-refractivity contribution is 6.11. The van der Waals surface area contributed by atoms with Gasteiger partial charge in [0.2, 0.25) is 0 Å². The van der Waals surface area contributed by atoms with Crippen LogP contribution in [0.15, 0.2) is 290 Å². The molecule has 17 rings (SSSR count). The highest BCUT2D eigenvalue weighted by atomic mass is 15.0. The van der Waals surface area contributed by atoms with Crippen molar-refractivity contribution in [1.29, 1.82) is 5.26 Å². The molecule has 0 radical (unpaired) electrons. The Morgan fingerprint density at radius 1 is 0.301 bits per heavy atom. The SMILES string of the molecule is N#Cc1c(-c2ccc3c(c2)C2C(=C3)C(c3ccccc3)c3ccc(-c4ccccc4)cc32)c(-c2ccccc2)cc(-n2c3ccccc3c3ccccc32)c1-c1ccc2c(c1)C1C(=C2)C(c2ccccc2)c2ccc(-c3ccccc3)cc21. The Hall–Kier alpha value is -10.6. The Kier molecular flexibility index (Phi) is 10.7. The molecule has 0 N–H and O–H groups in total. The van der Waals surface area contributed by atoms with Crippen LogP contribution in [-0.2, 0) is 0 Å². The minimum Gasteiger partial charge on any atom is -0.309 e. The molecule has 0 saturated carbocycles. The summed E-state index contributed by atoms with van der Waals surface area (Å²) in [6.45, 7) is 0. The van der Waals surface area contributed by atoms with Gasteiger partial charge in [-0.15, -0.1) is 0 Å². The number of fused-ring (bicyclic) bond motifs is 13. The van der Waals surface area contributed by atoms with Gasteiger partial charge < -0.3 is 4.57 Å². The van der Waals surface area contributed by atoms with Crippen molar-refractivity contribution >= 4 is 34.0 Å². The molecular formula is C81H52N2. The number of para-hydroxylation sites is 2. The van der Waals surface area contributed by atoms with Crippen molar-refractivity contribution in [2.24, 2.45) is 0 Å². The average molecular weight is 1050 g/mol. The van der Waals surface area contributed by atoms with E-state index in [0.29, 0.717) is 5.56 Å². The predicted octanol–water partition coefficient (Wildman–Crippen LogP) is 20.3. The molecule has 4 unspecified atom stereocenters. The lowest BCUT2D eigenvalue weighted by Crippen LogP contribution is -2.05. The minimum absolute atomic E-state index is 0.0360. The van der Waals surface area contributed by atoms with Gasteiger partial charge in [-0.3, -0.25) is 0 Å². The number of benzene rings is 12. The summed E-state index contributed by atoms with van der Waals surface area (Å²) in [6.07, 6.45) is 4.93. The normalized spacial score (nSPS) is 16.8. The van der Waals surface area contributed by atoms with E-state index in [1.54, 1.807) is 0 Å². The van der Waals surface area contributed by atoms with Crippen LogP contribution in [0.2, 0.25) is 0 Å². The third-order valence-electron chi connectivity index (χ3n) is 18.6. The fourth-order valence-electron chi connectivity index (χ4n) is 15.1. The van der Waals surface area contributed by atoms with Crippen LogP contribution >= 0.6 is 0 Å². The highest BCUT2D eigenvalue weighted by Gasteiger charge is 2.44. The third kappa shape index (κ3) is 7.28. The second-order valence-corrected chi connectivity index (χ2v) is 22.9. The molecule has 1 aromatic heterocycles. The standard InChI is InChI=1S/C81H52N2/c82-49-72-78(59-36-34-57-44-70-76(53-26-12-4-13-27-53)63-40-38-55(50-20-6-1-7-21-50)42-68(63)80(70)65(57)46-59)67(52-24-10-3-11-25-52)48-75(83-73-32-18-16-30-61(73)62-31-17-19-33-74(62)83)79(72)60-37-35-58-45-71-77(54-28-14-5-15-29-54)64-41-39-56(51-22-8-2-9-23-51)43-69(64)81(71)66(58)47-60/h1-48,76-77,80-81H. The molecule has 83 heavy (non-hydrogen) atoms. The molecule has 0 amide bonds. The van der Waals surface area contributed by atoms with Crippen molar-refractivity contribution in [3.63, 3.8) is 0 Å². The molecule has 4 aliphatic rings. The van der Waals surface area contributed by atoms with Crippen molar-refractivity contribution in [1.82, 2.24) is 4.57 Å². The first-order valence-electron chi connectivity index (χ1n) is 29.0. The molecular weight excluding hydrogens is 1000 g/mol. The number of hydrogen-bond donors (Lipinski definition) is 0. The Labute approximate surface area is 483 Å². The molecule has 12 aromatic carbocycles. The smallest absolute Gasteiger partial charge is 0.101 e. The van der Waals surface area contributed by atoms with Crippen LogP contribution in [0, 0.1) is 11.3 Å². The molecule has 2 heteroatoms. The number of allylic oxidation sites excluding steroid dienone is 2. The molecule has 1 heterocycles. The molecule has 13 aromatic rings.